The summed E-state index contributed by atoms with van der Waals surface area (Å²) >= 11 is 0. The number of amides is 1. The van der Waals surface area contributed by atoms with Gasteiger partial charge >= 0.3 is 0 Å². The molecule has 4 nitrogen and oxygen atoms in total. The third-order valence-electron chi connectivity index (χ3n) is 2.91. The number of nitrogens with two attached hydrogens (primary N) is 1. The number of carbonyl (C=O) groups is 1. The minimum Gasteiger partial charge on any atom is -0.398 e. The van der Waals surface area contributed by atoms with Gasteiger partial charge in [-0.25, -0.2) is 0 Å². The number of rotatable bonds is 3. The van der Waals surface area contributed by atoms with E-state index < -0.39 is 0 Å². The Balaban J connectivity index is 2.08. The highest BCUT2D eigenvalue weighted by Gasteiger charge is 2.08. The topological polar surface area (TPSA) is 68.0 Å². The number of anilines is 2. The molecule has 1 aromatic carbocycles. The Morgan fingerprint density at radius 1 is 1.21 bits per heavy atom. The van der Waals surface area contributed by atoms with E-state index in [0.717, 1.165) is 22.6 Å². The summed E-state index contributed by atoms with van der Waals surface area (Å²) in [7, 11) is 0. The lowest BCUT2D eigenvalue weighted by Gasteiger charge is -2.09. The van der Waals surface area contributed by atoms with Crippen molar-refractivity contribution in [3.05, 3.63) is 53.3 Å². The average Bonchev–Trinajstić information content (AvgIpc) is 2.36. The molecule has 1 amide bonds. The molecule has 0 atom stereocenters. The predicted molar refractivity (Wildman–Crippen MR) is 76.9 cm³/mol. The number of nitrogens with zero attached hydrogens (tertiary/aromatic N) is 1. The van der Waals surface area contributed by atoms with Gasteiger partial charge in [-0.05, 0) is 37.6 Å². The second-order valence-electron chi connectivity index (χ2n) is 4.51. The van der Waals surface area contributed by atoms with Gasteiger partial charge in [0.1, 0.15) is 0 Å². The summed E-state index contributed by atoms with van der Waals surface area (Å²) in [4.78, 5) is 16.3. The van der Waals surface area contributed by atoms with Gasteiger partial charge in [-0.15, -0.1) is 0 Å². The van der Waals surface area contributed by atoms with E-state index in [4.69, 9.17) is 5.73 Å². The maximum Gasteiger partial charge on any atom is 0.228 e. The molecule has 2 aromatic rings. The summed E-state index contributed by atoms with van der Waals surface area (Å²) in [6.45, 7) is 3.79. The maximum absolute atomic E-state index is 12.0. The van der Waals surface area contributed by atoms with Gasteiger partial charge in [-0.3, -0.25) is 9.78 Å². The van der Waals surface area contributed by atoms with Crippen LogP contribution < -0.4 is 11.1 Å². The number of pyridine rings is 1. The summed E-state index contributed by atoms with van der Waals surface area (Å²) in [6, 6.07) is 11.1. The van der Waals surface area contributed by atoms with Crippen LogP contribution in [0.1, 0.15) is 17.0 Å². The lowest BCUT2D eigenvalue weighted by Crippen LogP contribution is -2.16. The van der Waals surface area contributed by atoms with Crippen molar-refractivity contribution in [3.8, 4) is 0 Å². The molecule has 0 spiro atoms. The zero-order valence-corrected chi connectivity index (χ0v) is 11.1. The number of para-hydroxylation sites is 1. The Labute approximate surface area is 112 Å². The molecule has 2 rings (SSSR count). The van der Waals surface area contributed by atoms with Crippen LogP contribution in [0.2, 0.25) is 0 Å². The van der Waals surface area contributed by atoms with Crippen molar-refractivity contribution in [2.45, 2.75) is 20.3 Å². The van der Waals surface area contributed by atoms with Crippen LogP contribution in [0.3, 0.4) is 0 Å². The minimum absolute atomic E-state index is 0.0911. The second-order valence-corrected chi connectivity index (χ2v) is 4.51. The molecule has 1 aromatic heterocycles. The monoisotopic (exact) mass is 255 g/mol. The molecule has 0 saturated carbocycles. The summed E-state index contributed by atoms with van der Waals surface area (Å²) < 4.78 is 0. The number of nitrogen functional groups attached to an aromatic ring is 1. The van der Waals surface area contributed by atoms with Crippen molar-refractivity contribution in [1.29, 1.82) is 0 Å². The molecule has 4 heteroatoms. The largest absolute Gasteiger partial charge is 0.398 e. The van der Waals surface area contributed by atoms with E-state index in [9.17, 15) is 4.79 Å². The zero-order chi connectivity index (χ0) is 13.8. The number of aromatic nitrogens is 1. The van der Waals surface area contributed by atoms with Crippen LogP contribution >= 0.6 is 0 Å². The van der Waals surface area contributed by atoms with E-state index in [-0.39, 0.29) is 12.3 Å². The zero-order valence-electron chi connectivity index (χ0n) is 11.1. The van der Waals surface area contributed by atoms with Crippen LogP contribution in [0, 0.1) is 13.8 Å². The molecule has 0 saturated heterocycles. The average molecular weight is 255 g/mol. The number of hydrogen-bond donors (Lipinski definition) is 2. The van der Waals surface area contributed by atoms with Gasteiger partial charge < -0.3 is 11.1 Å². The molecule has 0 aliphatic rings. The Kier molecular flexibility index (Phi) is 3.80. The molecule has 0 bridgehead atoms. The molecule has 0 aliphatic heterocycles. The number of aryl methyl sites for hydroxylation is 2. The Morgan fingerprint density at radius 2 is 1.95 bits per heavy atom. The molecular weight excluding hydrogens is 238 g/mol. The van der Waals surface area contributed by atoms with Gasteiger partial charge in [-0.2, -0.15) is 0 Å². The van der Waals surface area contributed by atoms with Crippen LogP contribution in [0.25, 0.3) is 0 Å². The van der Waals surface area contributed by atoms with Crippen LogP contribution in [0.4, 0.5) is 11.4 Å². The van der Waals surface area contributed by atoms with Crippen LogP contribution in [0.15, 0.2) is 36.4 Å². The molecule has 0 radical (unpaired) electrons. The van der Waals surface area contributed by atoms with Crippen LogP contribution in [-0.4, -0.2) is 10.9 Å². The fourth-order valence-corrected chi connectivity index (χ4v) is 1.88. The highest BCUT2D eigenvalue weighted by atomic mass is 16.1. The molecule has 0 aliphatic carbocycles. The summed E-state index contributed by atoms with van der Waals surface area (Å²) in [5.41, 5.74) is 9.77. The van der Waals surface area contributed by atoms with E-state index in [0.29, 0.717) is 5.69 Å². The second kappa shape index (κ2) is 5.52. The highest BCUT2D eigenvalue weighted by molar-refractivity contribution is 5.93. The fraction of sp³-hybridized carbons (Fsp3) is 0.200. The van der Waals surface area contributed by atoms with Gasteiger partial charge in [0.15, 0.2) is 0 Å². The lowest BCUT2D eigenvalue weighted by molar-refractivity contribution is -0.115. The third-order valence-corrected chi connectivity index (χ3v) is 2.91. The number of carbonyl (C=O) groups excluding carboxylic acids is 1. The van der Waals surface area contributed by atoms with E-state index in [1.165, 1.54) is 0 Å². The standard InChI is InChI=1S/C15H17N3O/c1-10-7-8-14(11(2)17-10)18-15(19)9-12-5-3-4-6-13(12)16/h3-8H,9,16H2,1-2H3,(H,18,19). The molecule has 98 valence electrons. The summed E-state index contributed by atoms with van der Waals surface area (Å²) in [5.74, 6) is -0.0911. The highest BCUT2D eigenvalue weighted by Crippen LogP contribution is 2.15. The first-order chi connectivity index (χ1) is 9.06. The van der Waals surface area contributed by atoms with Crippen molar-refractivity contribution in [2.75, 3.05) is 11.1 Å². The first kappa shape index (κ1) is 13.1. The normalized spacial score (nSPS) is 10.2. The predicted octanol–water partition coefficient (Wildman–Crippen LogP) is 2.46. The van der Waals surface area contributed by atoms with Crippen molar-refractivity contribution >= 4 is 17.3 Å². The quantitative estimate of drug-likeness (QED) is 0.828. The van der Waals surface area contributed by atoms with Crippen molar-refractivity contribution in [3.63, 3.8) is 0 Å². The molecule has 0 unspecified atom stereocenters. The Bertz CT molecular complexity index is 608. The van der Waals surface area contributed by atoms with Gasteiger partial charge in [0.2, 0.25) is 5.91 Å². The first-order valence-corrected chi connectivity index (χ1v) is 6.14. The third kappa shape index (κ3) is 3.31. The molecule has 19 heavy (non-hydrogen) atoms. The van der Waals surface area contributed by atoms with E-state index in [1.54, 1.807) is 6.07 Å². The van der Waals surface area contributed by atoms with Crippen molar-refractivity contribution in [1.82, 2.24) is 4.98 Å². The number of benzene rings is 1. The van der Waals surface area contributed by atoms with Gasteiger partial charge in [0.25, 0.3) is 0 Å². The maximum atomic E-state index is 12.0. The van der Waals surface area contributed by atoms with Crippen LogP contribution in [0.5, 0.6) is 0 Å². The lowest BCUT2D eigenvalue weighted by atomic mass is 10.1. The minimum atomic E-state index is -0.0911. The van der Waals surface area contributed by atoms with E-state index >= 15 is 0 Å². The van der Waals surface area contributed by atoms with Gasteiger partial charge in [0, 0.05) is 11.4 Å². The van der Waals surface area contributed by atoms with Gasteiger partial charge in [-0.1, -0.05) is 18.2 Å². The van der Waals surface area contributed by atoms with Crippen molar-refractivity contribution < 1.29 is 4.79 Å². The number of nitrogens with one attached hydrogen (secondary N) is 1. The SMILES string of the molecule is Cc1ccc(NC(=O)Cc2ccccc2N)c(C)n1. The fourth-order valence-electron chi connectivity index (χ4n) is 1.88. The molecule has 3 N–H and O–H groups in total. The molecule has 0 fully saturated rings. The van der Waals surface area contributed by atoms with Crippen LogP contribution in [-0.2, 0) is 11.2 Å². The first-order valence-electron chi connectivity index (χ1n) is 6.14. The molecule has 1 heterocycles. The van der Waals surface area contributed by atoms with Crippen molar-refractivity contribution in [2.24, 2.45) is 0 Å². The van der Waals surface area contributed by atoms with E-state index in [1.807, 2.05) is 44.2 Å². The molecular formula is C15H17N3O. The number of hydrogen-bond acceptors (Lipinski definition) is 3. The summed E-state index contributed by atoms with van der Waals surface area (Å²) in [5, 5.41) is 2.86. The Hall–Kier alpha value is -2.36. The van der Waals surface area contributed by atoms with E-state index in [2.05, 4.69) is 10.3 Å². The smallest absolute Gasteiger partial charge is 0.228 e. The summed E-state index contributed by atoms with van der Waals surface area (Å²) in [6.07, 6.45) is 0.264. The Morgan fingerprint density at radius 3 is 2.63 bits per heavy atom. The van der Waals surface area contributed by atoms with Gasteiger partial charge in [0.05, 0.1) is 17.8 Å².